The summed E-state index contributed by atoms with van der Waals surface area (Å²) in [7, 11) is 0. The van der Waals surface area contributed by atoms with Crippen LogP contribution < -0.4 is 15.4 Å². The third-order valence-electron chi connectivity index (χ3n) is 6.07. The van der Waals surface area contributed by atoms with Crippen molar-refractivity contribution in [2.75, 3.05) is 25.4 Å². The summed E-state index contributed by atoms with van der Waals surface area (Å²) < 4.78 is 5.77. The predicted octanol–water partition coefficient (Wildman–Crippen LogP) is 1.67. The Kier molecular flexibility index (Phi) is 7.29. The molecular weight excluding hydrogens is 414 g/mol. The molecule has 3 aliphatic heterocycles. The third kappa shape index (κ3) is 5.68. The monoisotopic (exact) mass is 443 g/mol. The highest BCUT2D eigenvalue weighted by Gasteiger charge is 2.34. The van der Waals surface area contributed by atoms with Crippen molar-refractivity contribution in [2.45, 2.75) is 50.2 Å². The highest BCUT2D eigenvalue weighted by atomic mass is 32.2. The number of carbonyl (C=O) groups excluding carboxylic acids is 3. The number of para-hydroxylation sites is 1. The van der Waals surface area contributed by atoms with Crippen LogP contribution in [0.25, 0.3) is 0 Å². The number of hydrogen-bond donors (Lipinski definition) is 2. The Morgan fingerprint density at radius 3 is 2.94 bits per heavy atom. The Labute approximate surface area is 187 Å². The van der Waals surface area contributed by atoms with Crippen LogP contribution in [0.3, 0.4) is 0 Å². The smallest absolute Gasteiger partial charge is 0.258 e. The standard InChI is InChI=1S/C23H29N3O4S/c27-21(25-18-11-13-31-23(18)29)14-26-12-5-8-17-19(26)9-3-1-6-16-7-2-4-10-20(16)30-15-22(28)24-17/h1-4,7,10,17-19H,5-6,8-9,11-15H2,(H,24,28)(H,25,27)/b3-1+/t17-,18?,19-/m1/s1. The lowest BCUT2D eigenvalue weighted by atomic mass is 9.92. The van der Waals surface area contributed by atoms with Gasteiger partial charge in [0, 0.05) is 17.8 Å². The number of likely N-dealkylation sites (tertiary alicyclic amines) is 1. The molecule has 2 amide bonds. The van der Waals surface area contributed by atoms with Gasteiger partial charge >= 0.3 is 0 Å². The molecule has 0 saturated carbocycles. The maximum atomic E-state index is 12.6. The van der Waals surface area contributed by atoms with Gasteiger partial charge in [-0.2, -0.15) is 0 Å². The highest BCUT2D eigenvalue weighted by Crippen LogP contribution is 2.24. The first-order valence-corrected chi connectivity index (χ1v) is 11.9. The molecule has 8 heteroatoms. The molecule has 2 N–H and O–H groups in total. The van der Waals surface area contributed by atoms with Crippen molar-refractivity contribution >= 4 is 28.7 Å². The van der Waals surface area contributed by atoms with Gasteiger partial charge in [-0.05, 0) is 50.3 Å². The Bertz CT molecular complexity index is 859. The summed E-state index contributed by atoms with van der Waals surface area (Å²) in [5, 5.41) is 6.05. The summed E-state index contributed by atoms with van der Waals surface area (Å²) in [6.45, 7) is 1.01. The fraction of sp³-hybridized carbons (Fsp3) is 0.522. The summed E-state index contributed by atoms with van der Waals surface area (Å²) in [5.74, 6) is 1.23. The lowest BCUT2D eigenvalue weighted by Gasteiger charge is -2.41. The van der Waals surface area contributed by atoms with E-state index >= 15 is 0 Å². The number of benzene rings is 1. The molecule has 1 aromatic rings. The zero-order chi connectivity index (χ0) is 21.6. The largest absolute Gasteiger partial charge is 0.483 e. The third-order valence-corrected chi connectivity index (χ3v) is 7.08. The number of rotatable bonds is 3. The summed E-state index contributed by atoms with van der Waals surface area (Å²) in [6, 6.07) is 7.39. The normalized spacial score (nSPS) is 28.2. The number of ether oxygens (including phenoxy) is 1. The Morgan fingerprint density at radius 2 is 2.10 bits per heavy atom. The number of allylic oxidation sites excluding steroid dienone is 1. The molecule has 0 aliphatic carbocycles. The van der Waals surface area contributed by atoms with Gasteiger partial charge in [0.2, 0.25) is 11.0 Å². The molecule has 3 heterocycles. The van der Waals surface area contributed by atoms with Gasteiger partial charge in [0.1, 0.15) is 5.75 Å². The maximum absolute atomic E-state index is 12.6. The van der Waals surface area contributed by atoms with E-state index in [0.717, 1.165) is 49.3 Å². The lowest BCUT2D eigenvalue weighted by Crippen LogP contribution is -2.58. The summed E-state index contributed by atoms with van der Waals surface area (Å²) in [5.41, 5.74) is 1.04. The number of nitrogens with one attached hydrogen (secondary N) is 2. The van der Waals surface area contributed by atoms with Crippen LogP contribution in [0.5, 0.6) is 5.75 Å². The minimum Gasteiger partial charge on any atom is -0.483 e. The first kappa shape index (κ1) is 21.9. The Morgan fingerprint density at radius 1 is 1.23 bits per heavy atom. The second kappa shape index (κ2) is 10.3. The van der Waals surface area contributed by atoms with Crippen LogP contribution in [0.1, 0.15) is 31.2 Å². The second-order valence-electron chi connectivity index (χ2n) is 8.24. The van der Waals surface area contributed by atoms with Crippen molar-refractivity contribution < 1.29 is 19.1 Å². The molecule has 3 aliphatic rings. The summed E-state index contributed by atoms with van der Waals surface area (Å²) >= 11 is 1.28. The van der Waals surface area contributed by atoms with Crippen molar-refractivity contribution in [3.05, 3.63) is 42.0 Å². The molecule has 2 fully saturated rings. The molecule has 1 aromatic carbocycles. The topological polar surface area (TPSA) is 87.7 Å². The molecule has 0 aromatic heterocycles. The fourth-order valence-corrected chi connectivity index (χ4v) is 5.44. The number of thioether (sulfide) groups is 1. The van der Waals surface area contributed by atoms with Crippen molar-refractivity contribution in [2.24, 2.45) is 0 Å². The Balaban J connectivity index is 1.45. The highest BCUT2D eigenvalue weighted by molar-refractivity contribution is 8.14. The second-order valence-corrected chi connectivity index (χ2v) is 9.34. The van der Waals surface area contributed by atoms with Crippen LogP contribution in [0.15, 0.2) is 36.4 Å². The number of hydrogen-bond acceptors (Lipinski definition) is 6. The SMILES string of the molecule is O=C(CN1CCC[C@H]2NC(=O)COc3ccccc3C/C=C/C[C@H]21)NC1CCSC1=O. The van der Waals surface area contributed by atoms with Crippen LogP contribution >= 0.6 is 11.8 Å². The Hall–Kier alpha value is -2.32. The maximum Gasteiger partial charge on any atom is 0.258 e. The van der Waals surface area contributed by atoms with Crippen LogP contribution in [0.2, 0.25) is 0 Å². The van der Waals surface area contributed by atoms with E-state index in [2.05, 4.69) is 27.7 Å². The molecule has 2 saturated heterocycles. The van der Waals surface area contributed by atoms with Gasteiger partial charge in [0.05, 0.1) is 12.6 Å². The predicted molar refractivity (Wildman–Crippen MR) is 120 cm³/mol. The zero-order valence-electron chi connectivity index (χ0n) is 17.5. The molecule has 1 unspecified atom stereocenters. The molecular formula is C23H29N3O4S. The van der Waals surface area contributed by atoms with Crippen LogP contribution in [0.4, 0.5) is 0 Å². The molecule has 31 heavy (non-hydrogen) atoms. The van der Waals surface area contributed by atoms with E-state index in [1.54, 1.807) is 0 Å². The van der Waals surface area contributed by atoms with Crippen molar-refractivity contribution in [3.8, 4) is 5.75 Å². The van der Waals surface area contributed by atoms with E-state index in [-0.39, 0.29) is 48.2 Å². The van der Waals surface area contributed by atoms with E-state index in [9.17, 15) is 14.4 Å². The molecule has 0 radical (unpaired) electrons. The van der Waals surface area contributed by atoms with Crippen molar-refractivity contribution in [1.82, 2.24) is 15.5 Å². The van der Waals surface area contributed by atoms with Gasteiger partial charge in [0.15, 0.2) is 6.61 Å². The zero-order valence-corrected chi connectivity index (χ0v) is 18.4. The van der Waals surface area contributed by atoms with Crippen molar-refractivity contribution in [3.63, 3.8) is 0 Å². The number of nitrogens with zero attached hydrogens (tertiary/aromatic N) is 1. The number of fused-ring (bicyclic) bond motifs is 2. The van der Waals surface area contributed by atoms with Crippen molar-refractivity contribution in [1.29, 1.82) is 0 Å². The fourth-order valence-electron chi connectivity index (χ4n) is 4.51. The van der Waals surface area contributed by atoms with Gasteiger partial charge in [-0.3, -0.25) is 19.3 Å². The number of piperidine rings is 1. The summed E-state index contributed by atoms with van der Waals surface area (Å²) in [6.07, 6.45) is 8.22. The van der Waals surface area contributed by atoms with Gasteiger partial charge in [0.25, 0.3) is 5.91 Å². The number of carbonyl (C=O) groups is 3. The first-order chi connectivity index (χ1) is 15.1. The minimum absolute atomic E-state index is 0.0219. The number of amides is 2. The molecule has 3 atom stereocenters. The summed E-state index contributed by atoms with van der Waals surface area (Å²) in [4.78, 5) is 39.2. The van der Waals surface area contributed by atoms with E-state index in [0.29, 0.717) is 6.42 Å². The average Bonchev–Trinajstić information content (AvgIpc) is 3.15. The van der Waals surface area contributed by atoms with E-state index < -0.39 is 0 Å². The molecule has 7 nitrogen and oxygen atoms in total. The van der Waals surface area contributed by atoms with Gasteiger partial charge in [-0.15, -0.1) is 0 Å². The van der Waals surface area contributed by atoms with Gasteiger partial charge in [-0.25, -0.2) is 0 Å². The minimum atomic E-state index is -0.369. The molecule has 4 rings (SSSR count). The quantitative estimate of drug-likeness (QED) is 0.691. The van der Waals surface area contributed by atoms with E-state index in [1.165, 1.54) is 11.8 Å². The van der Waals surface area contributed by atoms with Gasteiger partial charge in [-0.1, -0.05) is 42.1 Å². The van der Waals surface area contributed by atoms with Crippen LogP contribution in [0, 0.1) is 0 Å². The van der Waals surface area contributed by atoms with E-state index in [4.69, 9.17) is 4.74 Å². The molecule has 0 spiro atoms. The lowest BCUT2D eigenvalue weighted by molar-refractivity contribution is -0.127. The molecule has 0 bridgehead atoms. The molecule has 166 valence electrons. The van der Waals surface area contributed by atoms with E-state index in [1.807, 2.05) is 24.3 Å². The average molecular weight is 444 g/mol. The van der Waals surface area contributed by atoms with Gasteiger partial charge < -0.3 is 15.4 Å². The van der Waals surface area contributed by atoms with Crippen LogP contribution in [-0.4, -0.2) is 65.4 Å². The first-order valence-electron chi connectivity index (χ1n) is 11.0. The van der Waals surface area contributed by atoms with Crippen LogP contribution in [-0.2, 0) is 20.8 Å².